The van der Waals surface area contributed by atoms with Gasteiger partial charge in [0.2, 0.25) is 5.91 Å². The topological polar surface area (TPSA) is 66.4 Å². The van der Waals surface area contributed by atoms with Crippen molar-refractivity contribution in [1.82, 2.24) is 5.32 Å². The molecule has 0 fully saturated rings. The molecule has 1 atom stereocenters. The van der Waals surface area contributed by atoms with Crippen molar-refractivity contribution < 1.29 is 14.7 Å². The molecule has 0 radical (unpaired) electrons. The van der Waals surface area contributed by atoms with Gasteiger partial charge in [0.25, 0.3) is 0 Å². The zero-order chi connectivity index (χ0) is 13.5. The number of carboxylic acid groups (broad SMARTS) is 1. The molecule has 0 aliphatic rings. The molecule has 0 saturated carbocycles. The van der Waals surface area contributed by atoms with Gasteiger partial charge in [-0.25, -0.2) is 0 Å². The molecule has 0 spiro atoms. The maximum atomic E-state index is 11.7. The van der Waals surface area contributed by atoms with Crippen LogP contribution in [0.1, 0.15) is 25.0 Å². The largest absolute Gasteiger partial charge is 0.481 e. The fraction of sp³-hybridized carbons (Fsp3) is 0.429. The van der Waals surface area contributed by atoms with Gasteiger partial charge in [-0.1, -0.05) is 38.1 Å². The van der Waals surface area contributed by atoms with Crippen LogP contribution >= 0.6 is 0 Å². The first-order chi connectivity index (χ1) is 8.54. The minimum absolute atomic E-state index is 0.135. The second-order valence-electron chi connectivity index (χ2n) is 4.34. The summed E-state index contributed by atoms with van der Waals surface area (Å²) in [7, 11) is 0. The Hall–Kier alpha value is -1.84. The molecular formula is C14H19NO3. The number of hydrogen-bond donors (Lipinski definition) is 2. The number of carbonyl (C=O) groups excluding carboxylic acids is 1. The molecule has 0 aliphatic carbocycles. The predicted octanol–water partition coefficient (Wildman–Crippen LogP) is 1.63. The lowest BCUT2D eigenvalue weighted by molar-refractivity contribution is -0.141. The summed E-state index contributed by atoms with van der Waals surface area (Å²) in [5.41, 5.74) is 2.15. The van der Waals surface area contributed by atoms with Gasteiger partial charge in [0, 0.05) is 6.54 Å². The molecule has 0 heterocycles. The van der Waals surface area contributed by atoms with Gasteiger partial charge in [0.1, 0.15) is 0 Å². The fourth-order valence-corrected chi connectivity index (χ4v) is 1.66. The van der Waals surface area contributed by atoms with Gasteiger partial charge >= 0.3 is 5.97 Å². The van der Waals surface area contributed by atoms with Crippen LogP contribution in [-0.4, -0.2) is 23.5 Å². The number of benzene rings is 1. The Bertz CT molecular complexity index is 429. The monoisotopic (exact) mass is 249 g/mol. The first-order valence-electron chi connectivity index (χ1n) is 6.10. The third kappa shape index (κ3) is 4.20. The summed E-state index contributed by atoms with van der Waals surface area (Å²) in [4.78, 5) is 22.3. The molecule has 1 unspecified atom stereocenters. The number of rotatable bonds is 6. The summed E-state index contributed by atoms with van der Waals surface area (Å²) in [5.74, 6) is -1.59. The van der Waals surface area contributed by atoms with E-state index in [0.29, 0.717) is 6.42 Å². The number of carboxylic acids is 1. The SMILES string of the molecule is CCc1ccccc1CC(=O)NCC(C)C(=O)O. The average Bonchev–Trinajstić information content (AvgIpc) is 2.36. The third-order valence-corrected chi connectivity index (χ3v) is 2.88. The van der Waals surface area contributed by atoms with E-state index >= 15 is 0 Å². The molecule has 4 nitrogen and oxygen atoms in total. The van der Waals surface area contributed by atoms with E-state index in [0.717, 1.165) is 17.5 Å². The van der Waals surface area contributed by atoms with Crippen molar-refractivity contribution >= 4 is 11.9 Å². The minimum Gasteiger partial charge on any atom is -0.481 e. The molecule has 4 heteroatoms. The van der Waals surface area contributed by atoms with Gasteiger partial charge in [-0.15, -0.1) is 0 Å². The Morgan fingerprint density at radius 2 is 1.89 bits per heavy atom. The van der Waals surface area contributed by atoms with Crippen molar-refractivity contribution in [3.05, 3.63) is 35.4 Å². The molecule has 18 heavy (non-hydrogen) atoms. The normalized spacial score (nSPS) is 11.9. The highest BCUT2D eigenvalue weighted by Crippen LogP contribution is 2.10. The van der Waals surface area contributed by atoms with Gasteiger partial charge < -0.3 is 10.4 Å². The van der Waals surface area contributed by atoms with Crippen LogP contribution in [0, 0.1) is 5.92 Å². The van der Waals surface area contributed by atoms with Crippen LogP contribution < -0.4 is 5.32 Å². The Morgan fingerprint density at radius 3 is 2.44 bits per heavy atom. The molecular weight excluding hydrogens is 230 g/mol. The Labute approximate surface area is 107 Å². The summed E-state index contributed by atoms with van der Waals surface area (Å²) in [6, 6.07) is 7.79. The summed E-state index contributed by atoms with van der Waals surface area (Å²) in [5, 5.41) is 11.4. The van der Waals surface area contributed by atoms with Crippen molar-refractivity contribution in [2.45, 2.75) is 26.7 Å². The standard InChI is InChI=1S/C14H19NO3/c1-3-11-6-4-5-7-12(11)8-13(16)15-9-10(2)14(17)18/h4-7,10H,3,8-9H2,1-2H3,(H,15,16)(H,17,18). The average molecular weight is 249 g/mol. The van der Waals surface area contributed by atoms with Crippen molar-refractivity contribution in [2.75, 3.05) is 6.54 Å². The molecule has 2 N–H and O–H groups in total. The van der Waals surface area contributed by atoms with Gasteiger partial charge in [0.05, 0.1) is 12.3 Å². The third-order valence-electron chi connectivity index (χ3n) is 2.88. The van der Waals surface area contributed by atoms with E-state index < -0.39 is 11.9 Å². The number of aryl methyl sites for hydroxylation is 1. The first kappa shape index (κ1) is 14.2. The van der Waals surface area contributed by atoms with E-state index in [9.17, 15) is 9.59 Å². The van der Waals surface area contributed by atoms with Gasteiger partial charge in [-0.2, -0.15) is 0 Å². The summed E-state index contributed by atoms with van der Waals surface area (Å²) in [6.07, 6.45) is 1.19. The van der Waals surface area contributed by atoms with Crippen molar-refractivity contribution in [3.63, 3.8) is 0 Å². The number of carbonyl (C=O) groups is 2. The van der Waals surface area contributed by atoms with E-state index in [1.165, 1.54) is 0 Å². The van der Waals surface area contributed by atoms with E-state index in [-0.39, 0.29) is 12.5 Å². The lowest BCUT2D eigenvalue weighted by Crippen LogP contribution is -2.32. The lowest BCUT2D eigenvalue weighted by Gasteiger charge is -2.10. The van der Waals surface area contributed by atoms with E-state index in [4.69, 9.17) is 5.11 Å². The number of amides is 1. The van der Waals surface area contributed by atoms with Gasteiger partial charge in [-0.05, 0) is 17.5 Å². The van der Waals surface area contributed by atoms with Gasteiger partial charge in [-0.3, -0.25) is 9.59 Å². The minimum atomic E-state index is -0.899. The number of hydrogen-bond acceptors (Lipinski definition) is 2. The van der Waals surface area contributed by atoms with Crippen LogP contribution in [0.3, 0.4) is 0 Å². The van der Waals surface area contributed by atoms with Crippen molar-refractivity contribution in [3.8, 4) is 0 Å². The summed E-state index contributed by atoms with van der Waals surface area (Å²) in [6.45, 7) is 3.79. The highest BCUT2D eigenvalue weighted by atomic mass is 16.4. The molecule has 0 aliphatic heterocycles. The zero-order valence-corrected chi connectivity index (χ0v) is 10.8. The van der Waals surface area contributed by atoms with Crippen LogP contribution in [0.2, 0.25) is 0 Å². The van der Waals surface area contributed by atoms with Crippen LogP contribution in [0.25, 0.3) is 0 Å². The van der Waals surface area contributed by atoms with E-state index in [1.807, 2.05) is 31.2 Å². The smallest absolute Gasteiger partial charge is 0.308 e. The van der Waals surface area contributed by atoms with Crippen molar-refractivity contribution in [2.24, 2.45) is 5.92 Å². The molecule has 0 aromatic heterocycles. The van der Waals surface area contributed by atoms with Crippen molar-refractivity contribution in [1.29, 1.82) is 0 Å². The summed E-state index contributed by atoms with van der Waals surface area (Å²) >= 11 is 0. The Morgan fingerprint density at radius 1 is 1.28 bits per heavy atom. The maximum absolute atomic E-state index is 11.7. The predicted molar refractivity (Wildman–Crippen MR) is 69.3 cm³/mol. The molecule has 1 aromatic carbocycles. The van der Waals surface area contributed by atoms with Gasteiger partial charge in [0.15, 0.2) is 0 Å². The maximum Gasteiger partial charge on any atom is 0.308 e. The van der Waals surface area contributed by atoms with E-state index in [1.54, 1.807) is 6.92 Å². The quantitative estimate of drug-likeness (QED) is 0.805. The summed E-state index contributed by atoms with van der Waals surface area (Å²) < 4.78 is 0. The molecule has 98 valence electrons. The lowest BCUT2D eigenvalue weighted by atomic mass is 10.0. The highest BCUT2D eigenvalue weighted by Gasteiger charge is 2.12. The molecule has 1 amide bonds. The van der Waals surface area contributed by atoms with Crippen LogP contribution in [0.4, 0.5) is 0 Å². The molecule has 0 saturated heterocycles. The molecule has 0 bridgehead atoms. The number of nitrogens with one attached hydrogen (secondary N) is 1. The Kier molecular flexibility index (Phi) is 5.36. The molecule has 1 rings (SSSR count). The fourth-order valence-electron chi connectivity index (χ4n) is 1.66. The first-order valence-corrected chi connectivity index (χ1v) is 6.10. The number of aliphatic carboxylic acids is 1. The Balaban J connectivity index is 2.52. The van der Waals surface area contributed by atoms with Crippen LogP contribution in [0.15, 0.2) is 24.3 Å². The molecule has 1 aromatic rings. The second kappa shape index (κ2) is 6.79. The van der Waals surface area contributed by atoms with E-state index in [2.05, 4.69) is 5.32 Å². The highest BCUT2D eigenvalue weighted by molar-refractivity contribution is 5.79. The van der Waals surface area contributed by atoms with Crippen LogP contribution in [-0.2, 0) is 22.4 Å². The second-order valence-corrected chi connectivity index (χ2v) is 4.34. The van der Waals surface area contributed by atoms with Crippen LogP contribution in [0.5, 0.6) is 0 Å². The zero-order valence-electron chi connectivity index (χ0n) is 10.8.